The summed E-state index contributed by atoms with van der Waals surface area (Å²) in [6, 6.07) is 10.0. The van der Waals surface area contributed by atoms with Crippen LogP contribution in [0.4, 0.5) is 0 Å². The van der Waals surface area contributed by atoms with Crippen molar-refractivity contribution in [3.8, 4) is 11.8 Å². The Hall–Kier alpha value is -2.59. The predicted molar refractivity (Wildman–Crippen MR) is 94.5 cm³/mol. The van der Waals surface area contributed by atoms with E-state index in [1.165, 1.54) is 17.3 Å². The molecule has 0 bridgehead atoms. The van der Waals surface area contributed by atoms with Crippen LogP contribution in [0.15, 0.2) is 29.3 Å². The smallest absolute Gasteiger partial charge is 0.230 e. The fraction of sp³-hybridized carbons (Fsp3) is 0.333. The van der Waals surface area contributed by atoms with Crippen molar-refractivity contribution >= 4 is 17.7 Å². The summed E-state index contributed by atoms with van der Waals surface area (Å²) in [5, 5.41) is 12.7. The molecule has 2 heterocycles. The lowest BCUT2D eigenvalue weighted by Gasteiger charge is -2.12. The third-order valence-electron chi connectivity index (χ3n) is 3.86. The van der Waals surface area contributed by atoms with E-state index in [2.05, 4.69) is 21.4 Å². The molecule has 0 spiro atoms. The zero-order valence-electron chi connectivity index (χ0n) is 14.1. The quantitative estimate of drug-likeness (QED) is 0.654. The molecule has 1 N–H and O–H groups in total. The molecule has 1 aromatic carbocycles. The number of hydrogen-bond acceptors (Lipinski definition) is 6. The molecule has 1 atom stereocenters. The summed E-state index contributed by atoms with van der Waals surface area (Å²) in [5.41, 5.74) is 2.23. The van der Waals surface area contributed by atoms with Crippen molar-refractivity contribution in [3.05, 3.63) is 46.9 Å². The van der Waals surface area contributed by atoms with Crippen molar-refractivity contribution in [2.75, 3.05) is 12.3 Å². The normalized spacial score (nSPS) is 15.2. The number of aromatic nitrogens is 2. The summed E-state index contributed by atoms with van der Waals surface area (Å²) < 4.78 is 5.80. The maximum atomic E-state index is 12.1. The molecule has 1 aliphatic rings. The molecule has 0 fully saturated rings. The number of thioether (sulfide) groups is 1. The summed E-state index contributed by atoms with van der Waals surface area (Å²) in [7, 11) is 0. The van der Waals surface area contributed by atoms with Gasteiger partial charge in [0.25, 0.3) is 0 Å². The predicted octanol–water partition coefficient (Wildman–Crippen LogP) is 2.18. The van der Waals surface area contributed by atoms with E-state index in [1.807, 2.05) is 24.3 Å². The maximum Gasteiger partial charge on any atom is 0.230 e. The van der Waals surface area contributed by atoms with Crippen molar-refractivity contribution in [1.82, 2.24) is 15.3 Å². The van der Waals surface area contributed by atoms with Crippen molar-refractivity contribution < 1.29 is 9.53 Å². The van der Waals surface area contributed by atoms with Gasteiger partial charge in [0.15, 0.2) is 0 Å². The molecule has 128 valence electrons. The Morgan fingerprint density at radius 1 is 1.40 bits per heavy atom. The van der Waals surface area contributed by atoms with Crippen LogP contribution in [0.25, 0.3) is 0 Å². The minimum atomic E-state index is -0.109. The number of fused-ring (bicyclic) bond motifs is 1. The summed E-state index contributed by atoms with van der Waals surface area (Å²) in [6.07, 6.45) is 0.761. The van der Waals surface area contributed by atoms with Gasteiger partial charge >= 0.3 is 0 Å². The molecule has 0 saturated carbocycles. The first-order chi connectivity index (χ1) is 12.1. The molecule has 2 aromatic rings. The van der Waals surface area contributed by atoms with Crippen LogP contribution in [0.5, 0.6) is 5.75 Å². The molecule has 0 radical (unpaired) electrons. The van der Waals surface area contributed by atoms with Gasteiger partial charge in [-0.1, -0.05) is 30.0 Å². The molecule has 1 aromatic heterocycles. The van der Waals surface area contributed by atoms with E-state index in [0.717, 1.165) is 12.2 Å². The number of nitriles is 1. The highest BCUT2D eigenvalue weighted by atomic mass is 32.2. The van der Waals surface area contributed by atoms with Gasteiger partial charge in [0.2, 0.25) is 5.91 Å². The van der Waals surface area contributed by atoms with E-state index in [1.54, 1.807) is 13.8 Å². The minimum Gasteiger partial charge on any atom is -0.488 e. The molecule has 0 saturated heterocycles. The van der Waals surface area contributed by atoms with Crippen LogP contribution >= 0.6 is 11.8 Å². The standard InChI is InChI=1S/C18H18N4O2S/c1-11-15(8-19)18(22-12(2)21-11)25-10-17(23)20-9-14-7-13-5-3-4-6-16(13)24-14/h3-6,14H,7,9-10H2,1-2H3,(H,20,23). The lowest BCUT2D eigenvalue weighted by molar-refractivity contribution is -0.118. The van der Waals surface area contributed by atoms with Crippen molar-refractivity contribution in [1.29, 1.82) is 5.26 Å². The Kier molecular flexibility index (Phi) is 5.19. The minimum absolute atomic E-state index is 0.0374. The highest BCUT2D eigenvalue weighted by Crippen LogP contribution is 2.27. The molecule has 0 aliphatic carbocycles. The number of carbonyl (C=O) groups excluding carboxylic acids is 1. The molecule has 25 heavy (non-hydrogen) atoms. The summed E-state index contributed by atoms with van der Waals surface area (Å²) >= 11 is 1.25. The van der Waals surface area contributed by atoms with Gasteiger partial charge in [-0.05, 0) is 25.5 Å². The number of para-hydroxylation sites is 1. The number of benzene rings is 1. The summed E-state index contributed by atoms with van der Waals surface area (Å²) in [4.78, 5) is 20.5. The molecular formula is C18H18N4O2S. The van der Waals surface area contributed by atoms with Crippen LogP contribution in [0.1, 0.15) is 22.6 Å². The van der Waals surface area contributed by atoms with Crippen LogP contribution in [-0.4, -0.2) is 34.3 Å². The van der Waals surface area contributed by atoms with Gasteiger partial charge in [0, 0.05) is 6.42 Å². The van der Waals surface area contributed by atoms with Gasteiger partial charge in [-0.2, -0.15) is 5.26 Å². The largest absolute Gasteiger partial charge is 0.488 e. The Morgan fingerprint density at radius 3 is 2.96 bits per heavy atom. The molecule has 1 unspecified atom stereocenters. The first-order valence-corrected chi connectivity index (χ1v) is 8.94. The second-order valence-corrected chi connectivity index (χ2v) is 6.76. The number of carbonyl (C=O) groups is 1. The van der Waals surface area contributed by atoms with Crippen LogP contribution in [0, 0.1) is 25.2 Å². The van der Waals surface area contributed by atoms with Crippen LogP contribution < -0.4 is 10.1 Å². The van der Waals surface area contributed by atoms with Crippen LogP contribution in [-0.2, 0) is 11.2 Å². The van der Waals surface area contributed by atoms with Gasteiger partial charge in [0.05, 0.1) is 18.0 Å². The first-order valence-electron chi connectivity index (χ1n) is 7.96. The van der Waals surface area contributed by atoms with E-state index in [0.29, 0.717) is 28.7 Å². The number of amides is 1. The van der Waals surface area contributed by atoms with Gasteiger partial charge in [-0.3, -0.25) is 4.79 Å². The topological polar surface area (TPSA) is 87.9 Å². The Morgan fingerprint density at radius 2 is 2.20 bits per heavy atom. The second-order valence-electron chi connectivity index (χ2n) is 5.79. The van der Waals surface area contributed by atoms with E-state index >= 15 is 0 Å². The van der Waals surface area contributed by atoms with E-state index in [-0.39, 0.29) is 17.8 Å². The monoisotopic (exact) mass is 354 g/mol. The number of aryl methyl sites for hydroxylation is 2. The third kappa shape index (κ3) is 4.09. The highest BCUT2D eigenvalue weighted by Gasteiger charge is 2.22. The fourth-order valence-corrected chi connectivity index (χ4v) is 3.60. The Labute approximate surface area is 150 Å². The highest BCUT2D eigenvalue weighted by molar-refractivity contribution is 8.00. The van der Waals surface area contributed by atoms with Crippen molar-refractivity contribution in [2.24, 2.45) is 0 Å². The van der Waals surface area contributed by atoms with Crippen LogP contribution in [0.3, 0.4) is 0 Å². The van der Waals surface area contributed by atoms with E-state index in [4.69, 9.17) is 4.74 Å². The lowest BCUT2D eigenvalue weighted by atomic mass is 10.1. The number of ether oxygens (including phenoxy) is 1. The number of nitrogens with zero attached hydrogens (tertiary/aromatic N) is 3. The summed E-state index contributed by atoms with van der Waals surface area (Å²) in [5.74, 6) is 1.57. The van der Waals surface area contributed by atoms with Crippen LogP contribution in [0.2, 0.25) is 0 Å². The van der Waals surface area contributed by atoms with Gasteiger partial charge < -0.3 is 10.1 Å². The molecule has 6 nitrogen and oxygen atoms in total. The van der Waals surface area contributed by atoms with Crippen molar-refractivity contribution in [3.63, 3.8) is 0 Å². The number of rotatable bonds is 5. The van der Waals surface area contributed by atoms with Gasteiger partial charge in [-0.15, -0.1) is 0 Å². The lowest BCUT2D eigenvalue weighted by Crippen LogP contribution is -2.35. The molecule has 7 heteroatoms. The average molecular weight is 354 g/mol. The number of nitrogens with one attached hydrogen (secondary N) is 1. The second kappa shape index (κ2) is 7.53. The zero-order chi connectivity index (χ0) is 17.8. The molecule has 3 rings (SSSR count). The molecular weight excluding hydrogens is 336 g/mol. The maximum absolute atomic E-state index is 12.1. The van der Waals surface area contributed by atoms with E-state index < -0.39 is 0 Å². The van der Waals surface area contributed by atoms with Crippen molar-refractivity contribution in [2.45, 2.75) is 31.4 Å². The Balaban J connectivity index is 1.51. The fourth-order valence-electron chi connectivity index (χ4n) is 2.69. The Bertz CT molecular complexity index is 822. The molecule has 1 aliphatic heterocycles. The zero-order valence-corrected chi connectivity index (χ0v) is 14.9. The SMILES string of the molecule is Cc1nc(C)c(C#N)c(SCC(=O)NCC2Cc3ccccc3O2)n1. The molecule has 1 amide bonds. The number of hydrogen-bond donors (Lipinski definition) is 1. The van der Waals surface area contributed by atoms with Gasteiger partial charge in [0.1, 0.15) is 34.3 Å². The summed E-state index contributed by atoms with van der Waals surface area (Å²) in [6.45, 7) is 4.00. The third-order valence-corrected chi connectivity index (χ3v) is 4.84. The average Bonchev–Trinajstić information content (AvgIpc) is 3.00. The van der Waals surface area contributed by atoms with Gasteiger partial charge in [-0.25, -0.2) is 9.97 Å². The van der Waals surface area contributed by atoms with E-state index in [9.17, 15) is 10.1 Å². The first kappa shape index (κ1) is 17.2.